The molecule has 1 aliphatic heterocycles. The average Bonchev–Trinajstić information content (AvgIpc) is 2.64. The topological polar surface area (TPSA) is 85.8 Å². The van der Waals surface area contributed by atoms with E-state index in [1.165, 1.54) is 0 Å². The second-order valence-electron chi connectivity index (χ2n) is 7.18. The van der Waals surface area contributed by atoms with Crippen molar-refractivity contribution in [1.29, 1.82) is 0 Å². The van der Waals surface area contributed by atoms with E-state index in [2.05, 4.69) is 44.3 Å². The number of rotatable bonds is 6. The van der Waals surface area contributed by atoms with Crippen LogP contribution in [0.25, 0.3) is 0 Å². The molecule has 144 valence electrons. The Morgan fingerprint density at radius 2 is 1.96 bits per heavy atom. The molecule has 0 unspecified atom stereocenters. The number of guanidine groups is 1. The minimum Gasteiger partial charge on any atom is -0.356 e. The number of nitrogens with zero attached hydrogens (tertiary/aromatic N) is 5. The molecule has 1 saturated heterocycles. The van der Waals surface area contributed by atoms with E-state index >= 15 is 0 Å². The van der Waals surface area contributed by atoms with E-state index in [4.69, 9.17) is 0 Å². The van der Waals surface area contributed by atoms with Crippen LogP contribution in [0.2, 0.25) is 0 Å². The molecule has 0 aromatic carbocycles. The van der Waals surface area contributed by atoms with Gasteiger partial charge in [0.2, 0.25) is 11.9 Å². The highest BCUT2D eigenvalue weighted by atomic mass is 16.2. The summed E-state index contributed by atoms with van der Waals surface area (Å²) >= 11 is 0. The van der Waals surface area contributed by atoms with E-state index in [0.717, 1.165) is 38.4 Å². The Kier molecular flexibility index (Phi) is 7.62. The van der Waals surface area contributed by atoms with Gasteiger partial charge in [0, 0.05) is 52.2 Å². The number of carbonyl (C=O) groups excluding carboxylic acids is 1. The highest BCUT2D eigenvalue weighted by molar-refractivity contribution is 5.84. The lowest BCUT2D eigenvalue weighted by Gasteiger charge is -2.33. The lowest BCUT2D eigenvalue weighted by atomic mass is 10.1. The molecule has 8 nitrogen and oxygen atoms in total. The molecule has 0 radical (unpaired) electrons. The highest BCUT2D eigenvalue weighted by Gasteiger charge is 2.21. The molecule has 0 atom stereocenters. The molecular weight excluding hydrogens is 330 g/mol. The van der Waals surface area contributed by atoms with Gasteiger partial charge in [-0.25, -0.2) is 15.0 Å². The number of nitrogens with one attached hydrogen (secondary N) is 2. The average molecular weight is 361 g/mol. The SMILES string of the molecule is CC(C)CNC(=NCC(=O)N(C)C)NC1CCN(c2ncccn2)CC1. The molecule has 0 spiro atoms. The number of hydrogen-bond donors (Lipinski definition) is 2. The Hall–Kier alpha value is -2.38. The Labute approximate surface area is 156 Å². The Balaban J connectivity index is 1.89. The fraction of sp³-hybridized carbons (Fsp3) is 0.667. The van der Waals surface area contributed by atoms with Crippen molar-refractivity contribution in [3.63, 3.8) is 0 Å². The summed E-state index contributed by atoms with van der Waals surface area (Å²) in [6, 6.07) is 2.15. The molecule has 2 rings (SSSR count). The maximum Gasteiger partial charge on any atom is 0.243 e. The van der Waals surface area contributed by atoms with Crippen LogP contribution in [0.1, 0.15) is 26.7 Å². The van der Waals surface area contributed by atoms with Gasteiger partial charge in [-0.1, -0.05) is 13.8 Å². The minimum absolute atomic E-state index is 0.00769. The molecule has 0 bridgehead atoms. The van der Waals surface area contributed by atoms with Crippen LogP contribution in [-0.4, -0.2) is 73.1 Å². The standard InChI is InChI=1S/C18H31N7O/c1-14(2)12-21-17(22-13-16(26)24(3)4)23-15-6-10-25(11-7-15)18-19-8-5-9-20-18/h5,8-9,14-15H,6-7,10-13H2,1-4H3,(H2,21,22,23). The molecule has 1 fully saturated rings. The van der Waals surface area contributed by atoms with Crippen molar-refractivity contribution < 1.29 is 4.79 Å². The van der Waals surface area contributed by atoms with Gasteiger partial charge in [-0.2, -0.15) is 0 Å². The summed E-state index contributed by atoms with van der Waals surface area (Å²) in [6.45, 7) is 7.06. The lowest BCUT2D eigenvalue weighted by Crippen LogP contribution is -2.49. The van der Waals surface area contributed by atoms with Gasteiger partial charge in [0.25, 0.3) is 0 Å². The maximum atomic E-state index is 11.8. The summed E-state index contributed by atoms with van der Waals surface area (Å²) in [5, 5.41) is 6.81. The van der Waals surface area contributed by atoms with Gasteiger partial charge in [0.15, 0.2) is 5.96 Å². The van der Waals surface area contributed by atoms with Gasteiger partial charge in [0.05, 0.1) is 0 Å². The first-order chi connectivity index (χ1) is 12.5. The largest absolute Gasteiger partial charge is 0.356 e. The van der Waals surface area contributed by atoms with Crippen molar-refractivity contribution in [2.75, 3.05) is 45.2 Å². The molecular formula is C18H31N7O. The zero-order valence-electron chi connectivity index (χ0n) is 16.3. The van der Waals surface area contributed by atoms with Crippen LogP contribution in [0.3, 0.4) is 0 Å². The zero-order valence-corrected chi connectivity index (χ0v) is 16.3. The van der Waals surface area contributed by atoms with Gasteiger partial charge in [-0.15, -0.1) is 0 Å². The van der Waals surface area contributed by atoms with Crippen LogP contribution in [0.15, 0.2) is 23.5 Å². The quantitative estimate of drug-likeness (QED) is 0.574. The van der Waals surface area contributed by atoms with Crippen LogP contribution in [0.4, 0.5) is 5.95 Å². The summed E-state index contributed by atoms with van der Waals surface area (Å²) < 4.78 is 0. The van der Waals surface area contributed by atoms with Crippen molar-refractivity contribution in [2.45, 2.75) is 32.7 Å². The normalized spacial score (nSPS) is 15.9. The predicted molar refractivity (Wildman–Crippen MR) is 104 cm³/mol. The first kappa shape index (κ1) is 19.9. The first-order valence-corrected chi connectivity index (χ1v) is 9.22. The number of aliphatic imine (C=N–C) groups is 1. The van der Waals surface area contributed by atoms with Crippen LogP contribution < -0.4 is 15.5 Å². The van der Waals surface area contributed by atoms with Crippen molar-refractivity contribution in [3.8, 4) is 0 Å². The summed E-state index contributed by atoms with van der Waals surface area (Å²) in [7, 11) is 3.49. The van der Waals surface area contributed by atoms with E-state index in [1.807, 2.05) is 6.07 Å². The van der Waals surface area contributed by atoms with Crippen molar-refractivity contribution in [3.05, 3.63) is 18.5 Å². The first-order valence-electron chi connectivity index (χ1n) is 9.22. The summed E-state index contributed by atoms with van der Waals surface area (Å²) in [4.78, 5) is 28.7. The fourth-order valence-electron chi connectivity index (χ4n) is 2.61. The van der Waals surface area contributed by atoms with Crippen LogP contribution in [0.5, 0.6) is 0 Å². The van der Waals surface area contributed by atoms with E-state index in [9.17, 15) is 4.79 Å². The second-order valence-corrected chi connectivity index (χ2v) is 7.18. The van der Waals surface area contributed by atoms with Crippen LogP contribution in [0, 0.1) is 5.92 Å². The molecule has 1 amide bonds. The predicted octanol–water partition coefficient (Wildman–Crippen LogP) is 0.725. The van der Waals surface area contributed by atoms with E-state index in [0.29, 0.717) is 17.9 Å². The molecule has 0 aliphatic carbocycles. The third-order valence-corrected chi connectivity index (χ3v) is 4.22. The van der Waals surface area contributed by atoms with Crippen molar-refractivity contribution >= 4 is 17.8 Å². The Morgan fingerprint density at radius 3 is 2.54 bits per heavy atom. The number of aromatic nitrogens is 2. The fourth-order valence-corrected chi connectivity index (χ4v) is 2.61. The number of hydrogen-bond acceptors (Lipinski definition) is 5. The van der Waals surface area contributed by atoms with Gasteiger partial charge in [0.1, 0.15) is 6.54 Å². The molecule has 8 heteroatoms. The molecule has 1 aromatic rings. The summed E-state index contributed by atoms with van der Waals surface area (Å²) in [6.07, 6.45) is 5.49. The van der Waals surface area contributed by atoms with Crippen molar-refractivity contribution in [1.82, 2.24) is 25.5 Å². The number of piperidine rings is 1. The number of anilines is 1. The zero-order chi connectivity index (χ0) is 18.9. The number of likely N-dealkylation sites (N-methyl/N-ethyl adjacent to an activating group) is 1. The monoisotopic (exact) mass is 361 g/mol. The molecule has 26 heavy (non-hydrogen) atoms. The molecule has 2 N–H and O–H groups in total. The van der Waals surface area contributed by atoms with Crippen LogP contribution >= 0.6 is 0 Å². The van der Waals surface area contributed by atoms with Gasteiger partial charge >= 0.3 is 0 Å². The second kappa shape index (κ2) is 9.94. The third kappa shape index (κ3) is 6.50. The summed E-state index contributed by atoms with van der Waals surface area (Å²) in [5.41, 5.74) is 0. The third-order valence-electron chi connectivity index (χ3n) is 4.22. The maximum absolute atomic E-state index is 11.8. The van der Waals surface area contributed by atoms with Gasteiger partial charge in [-0.3, -0.25) is 4.79 Å². The molecule has 0 saturated carbocycles. The van der Waals surface area contributed by atoms with Crippen LogP contribution in [-0.2, 0) is 4.79 Å². The van der Waals surface area contributed by atoms with Gasteiger partial charge < -0.3 is 20.4 Å². The molecule has 2 heterocycles. The Bertz CT molecular complexity index is 580. The Morgan fingerprint density at radius 1 is 1.31 bits per heavy atom. The minimum atomic E-state index is -0.00769. The lowest BCUT2D eigenvalue weighted by molar-refractivity contribution is -0.127. The smallest absolute Gasteiger partial charge is 0.243 e. The van der Waals surface area contributed by atoms with E-state index < -0.39 is 0 Å². The molecule has 1 aromatic heterocycles. The van der Waals surface area contributed by atoms with Gasteiger partial charge in [-0.05, 0) is 24.8 Å². The van der Waals surface area contributed by atoms with E-state index in [1.54, 1.807) is 31.4 Å². The number of carbonyl (C=O) groups is 1. The number of amides is 1. The summed E-state index contributed by atoms with van der Waals surface area (Å²) in [5.74, 6) is 1.99. The van der Waals surface area contributed by atoms with Crippen molar-refractivity contribution in [2.24, 2.45) is 10.9 Å². The molecule has 1 aliphatic rings. The van der Waals surface area contributed by atoms with E-state index in [-0.39, 0.29) is 12.5 Å². The highest BCUT2D eigenvalue weighted by Crippen LogP contribution is 2.15.